The van der Waals surface area contributed by atoms with Gasteiger partial charge in [-0.15, -0.1) is 0 Å². The highest BCUT2D eigenvalue weighted by molar-refractivity contribution is 6.13. The van der Waals surface area contributed by atoms with E-state index in [1.165, 1.54) is 5.56 Å². The summed E-state index contributed by atoms with van der Waals surface area (Å²) in [7, 11) is 1.74. The smallest absolute Gasteiger partial charge is 0.251 e. The Hall–Kier alpha value is -4.30. The van der Waals surface area contributed by atoms with E-state index in [2.05, 4.69) is 38.8 Å². The number of nitriles is 1. The van der Waals surface area contributed by atoms with Crippen molar-refractivity contribution in [3.63, 3.8) is 0 Å². The lowest BCUT2D eigenvalue weighted by Gasteiger charge is -2.31. The van der Waals surface area contributed by atoms with E-state index in [4.69, 9.17) is 10.1 Å². The summed E-state index contributed by atoms with van der Waals surface area (Å²) >= 11 is 0. The van der Waals surface area contributed by atoms with Crippen molar-refractivity contribution in [1.82, 2.24) is 20.2 Å². The number of piperidine rings is 1. The molecule has 1 unspecified atom stereocenters. The Morgan fingerprint density at radius 1 is 1.26 bits per heavy atom. The molecule has 2 heterocycles. The number of anilines is 1. The number of hydrogen-bond acceptors (Lipinski definition) is 7. The molecule has 1 aliphatic rings. The van der Waals surface area contributed by atoms with Crippen molar-refractivity contribution in [3.05, 3.63) is 64.8 Å². The number of carbonyl (C=O) groups excluding carboxylic acids is 1. The summed E-state index contributed by atoms with van der Waals surface area (Å²) < 4.78 is 31.4. The minimum absolute atomic E-state index is 0.161. The molecule has 0 aliphatic carbocycles. The standard InChI is InChI=1S/C31H37F2N7O2/c1-3-25(10-13-37-19-41)42-26-9-8-23(16-24(26)17-34)28(35)29-31(36-2)39-30(38-29)22-6-4-20(5-7-22)21-11-14-40(15-12-21)18-27(32)33/h4-9,16,19,21,25,27,35-36H,3,10-15,18H2,1-2H3,(H,37,41)(H,38,39). The van der Waals surface area contributed by atoms with Gasteiger partial charge in [0.1, 0.15) is 29.4 Å². The number of amides is 1. The van der Waals surface area contributed by atoms with Crippen molar-refractivity contribution in [1.29, 1.82) is 10.7 Å². The van der Waals surface area contributed by atoms with Crippen LogP contribution in [0.3, 0.4) is 0 Å². The Labute approximate surface area is 244 Å². The maximum atomic E-state index is 12.7. The van der Waals surface area contributed by atoms with Crippen LogP contribution in [-0.2, 0) is 4.79 Å². The Kier molecular flexibility index (Phi) is 10.6. The summed E-state index contributed by atoms with van der Waals surface area (Å²) in [6, 6.07) is 15.3. The normalized spacial score (nSPS) is 14.8. The first-order chi connectivity index (χ1) is 20.4. The molecule has 0 spiro atoms. The van der Waals surface area contributed by atoms with Crippen LogP contribution in [0.15, 0.2) is 42.5 Å². The largest absolute Gasteiger partial charge is 0.489 e. The van der Waals surface area contributed by atoms with Crippen LogP contribution in [0.2, 0.25) is 0 Å². The van der Waals surface area contributed by atoms with Gasteiger partial charge in [-0.2, -0.15) is 5.26 Å². The molecule has 1 amide bonds. The van der Waals surface area contributed by atoms with E-state index in [0.29, 0.717) is 79.0 Å². The van der Waals surface area contributed by atoms with Gasteiger partial charge in [0.25, 0.3) is 6.43 Å². The fraction of sp³-hybridized carbons (Fsp3) is 0.419. The number of nitrogens with one attached hydrogen (secondary N) is 4. The van der Waals surface area contributed by atoms with E-state index >= 15 is 0 Å². The monoisotopic (exact) mass is 577 g/mol. The van der Waals surface area contributed by atoms with Gasteiger partial charge in [0, 0.05) is 31.1 Å². The zero-order chi connectivity index (χ0) is 30.1. The average molecular weight is 578 g/mol. The number of benzene rings is 2. The fourth-order valence-corrected chi connectivity index (χ4v) is 5.28. The van der Waals surface area contributed by atoms with E-state index in [0.717, 1.165) is 18.4 Å². The van der Waals surface area contributed by atoms with Crippen molar-refractivity contribution >= 4 is 17.9 Å². The zero-order valence-corrected chi connectivity index (χ0v) is 23.9. The van der Waals surface area contributed by atoms with E-state index in [-0.39, 0.29) is 18.4 Å². The number of rotatable bonds is 14. The lowest BCUT2D eigenvalue weighted by Crippen LogP contribution is -2.36. The van der Waals surface area contributed by atoms with Gasteiger partial charge in [0.05, 0.1) is 17.8 Å². The van der Waals surface area contributed by atoms with E-state index < -0.39 is 6.43 Å². The number of alkyl halides is 2. The van der Waals surface area contributed by atoms with Crippen LogP contribution in [0.25, 0.3) is 11.4 Å². The van der Waals surface area contributed by atoms with Crippen LogP contribution >= 0.6 is 0 Å². The maximum absolute atomic E-state index is 12.7. The van der Waals surface area contributed by atoms with E-state index in [9.17, 15) is 18.8 Å². The molecule has 4 rings (SSSR count). The minimum atomic E-state index is -2.30. The van der Waals surface area contributed by atoms with Crippen molar-refractivity contribution in [2.24, 2.45) is 0 Å². The molecule has 2 aromatic carbocycles. The highest BCUT2D eigenvalue weighted by Crippen LogP contribution is 2.31. The summed E-state index contributed by atoms with van der Waals surface area (Å²) in [5.41, 5.74) is 3.57. The zero-order valence-electron chi connectivity index (χ0n) is 23.9. The number of aromatic amines is 1. The molecular weight excluding hydrogens is 540 g/mol. The number of halogens is 2. The Morgan fingerprint density at radius 3 is 2.62 bits per heavy atom. The summed E-state index contributed by atoms with van der Waals surface area (Å²) in [5, 5.41) is 24.4. The Morgan fingerprint density at radius 2 is 2.00 bits per heavy atom. The van der Waals surface area contributed by atoms with E-state index in [1.807, 2.05) is 24.0 Å². The topological polar surface area (TPSA) is 130 Å². The molecular formula is C31H37F2N7O2. The fourth-order valence-electron chi connectivity index (χ4n) is 5.28. The number of hydrogen-bond donors (Lipinski definition) is 4. The van der Waals surface area contributed by atoms with Gasteiger partial charge in [-0.1, -0.05) is 31.2 Å². The lowest BCUT2D eigenvalue weighted by molar-refractivity contribution is -0.109. The van der Waals surface area contributed by atoms with Crippen LogP contribution < -0.4 is 15.4 Å². The molecule has 9 nitrogen and oxygen atoms in total. The number of ether oxygens (including phenoxy) is 1. The molecule has 1 aliphatic heterocycles. The SMILES string of the molecule is CCC(CCNC=O)Oc1ccc(C(=N)c2[nH]c(-c3ccc(C4CCN(CC(F)F)CC4)cc3)nc2NC)cc1C#N. The first-order valence-corrected chi connectivity index (χ1v) is 14.2. The highest BCUT2D eigenvalue weighted by Gasteiger charge is 2.23. The molecule has 1 aromatic heterocycles. The van der Waals surface area contributed by atoms with Crippen LogP contribution in [-0.4, -0.2) is 72.7 Å². The van der Waals surface area contributed by atoms with Gasteiger partial charge in [0.2, 0.25) is 6.41 Å². The second-order valence-corrected chi connectivity index (χ2v) is 10.4. The van der Waals surface area contributed by atoms with Gasteiger partial charge in [-0.3, -0.25) is 15.1 Å². The highest BCUT2D eigenvalue weighted by atomic mass is 19.3. The molecule has 0 radical (unpaired) electrons. The molecule has 0 saturated carbocycles. The van der Waals surface area contributed by atoms with Crippen molar-refractivity contribution in [2.75, 3.05) is 38.5 Å². The number of imidazole rings is 1. The molecule has 11 heteroatoms. The predicted octanol–water partition coefficient (Wildman–Crippen LogP) is 5.14. The van der Waals surface area contributed by atoms with Crippen LogP contribution in [0.5, 0.6) is 5.75 Å². The maximum Gasteiger partial charge on any atom is 0.251 e. The quantitative estimate of drug-likeness (QED) is 0.119. The second-order valence-electron chi connectivity index (χ2n) is 10.4. The van der Waals surface area contributed by atoms with Crippen molar-refractivity contribution in [3.8, 4) is 23.2 Å². The van der Waals surface area contributed by atoms with Gasteiger partial charge in [-0.05, 0) is 62.0 Å². The third-order valence-corrected chi connectivity index (χ3v) is 7.66. The van der Waals surface area contributed by atoms with Crippen molar-refractivity contribution < 1.29 is 18.3 Å². The van der Waals surface area contributed by atoms with Gasteiger partial charge >= 0.3 is 0 Å². The summed E-state index contributed by atoms with van der Waals surface area (Å²) in [6.07, 6.45) is 1.22. The molecule has 4 N–H and O–H groups in total. The second kappa shape index (κ2) is 14.5. The number of likely N-dealkylation sites (tertiary alicyclic amines) is 1. The van der Waals surface area contributed by atoms with Gasteiger partial charge in [-0.25, -0.2) is 13.8 Å². The molecule has 3 aromatic rings. The van der Waals surface area contributed by atoms with E-state index in [1.54, 1.807) is 25.2 Å². The molecule has 1 fully saturated rings. The summed E-state index contributed by atoms with van der Waals surface area (Å²) in [6.45, 7) is 3.64. The molecule has 0 bridgehead atoms. The molecule has 42 heavy (non-hydrogen) atoms. The average Bonchev–Trinajstić information content (AvgIpc) is 3.45. The van der Waals surface area contributed by atoms with Crippen LogP contribution in [0.4, 0.5) is 14.6 Å². The minimum Gasteiger partial charge on any atom is -0.489 e. The summed E-state index contributed by atoms with van der Waals surface area (Å²) in [5.74, 6) is 1.89. The third kappa shape index (κ3) is 7.50. The van der Waals surface area contributed by atoms with Gasteiger partial charge < -0.3 is 20.4 Å². The van der Waals surface area contributed by atoms with Crippen molar-refractivity contribution in [2.45, 2.75) is 51.1 Å². The summed E-state index contributed by atoms with van der Waals surface area (Å²) in [4.78, 5) is 20.3. The van der Waals surface area contributed by atoms with Crippen LogP contribution in [0, 0.1) is 16.7 Å². The first-order valence-electron chi connectivity index (χ1n) is 14.2. The predicted molar refractivity (Wildman–Crippen MR) is 158 cm³/mol. The molecule has 1 saturated heterocycles. The molecule has 1 atom stereocenters. The van der Waals surface area contributed by atoms with Crippen LogP contribution in [0.1, 0.15) is 60.9 Å². The lowest BCUT2D eigenvalue weighted by atomic mass is 9.89. The number of carbonyl (C=O) groups is 1. The number of nitrogens with zero attached hydrogens (tertiary/aromatic N) is 3. The number of H-pyrrole nitrogens is 1. The Balaban J connectivity index is 1.48. The molecule has 222 valence electrons. The Bertz CT molecular complexity index is 1390. The first kappa shape index (κ1) is 30.7. The van der Waals surface area contributed by atoms with Gasteiger partial charge in [0.15, 0.2) is 5.82 Å². The number of aromatic nitrogens is 2. The third-order valence-electron chi connectivity index (χ3n) is 7.66.